The van der Waals surface area contributed by atoms with Crippen molar-refractivity contribution in [2.75, 3.05) is 5.32 Å². The summed E-state index contributed by atoms with van der Waals surface area (Å²) in [7, 11) is 2.09. The predicted molar refractivity (Wildman–Crippen MR) is 83.7 cm³/mol. The van der Waals surface area contributed by atoms with Crippen LogP contribution in [0.5, 0.6) is 0 Å². The van der Waals surface area contributed by atoms with Crippen LogP contribution < -0.4 is 10.8 Å². The molecule has 2 nitrogen and oxygen atoms in total. The zero-order valence-electron chi connectivity index (χ0n) is 12.5. The number of hydrogen-bond donors (Lipinski definition) is 1. The van der Waals surface area contributed by atoms with Gasteiger partial charge in [-0.15, -0.1) is 0 Å². The van der Waals surface area contributed by atoms with Gasteiger partial charge in [0.15, 0.2) is 0 Å². The van der Waals surface area contributed by atoms with Crippen LogP contribution in [-0.4, -0.2) is 13.8 Å². The SMILES string of the molecule is Bc1ccc(NC(=O)C2CCC(C)CC2C)cc1C. The third-order valence-corrected chi connectivity index (χ3v) is 4.54. The number of benzene rings is 1. The molecule has 1 aliphatic carbocycles. The first-order valence-electron chi connectivity index (χ1n) is 7.35. The van der Waals surface area contributed by atoms with E-state index in [9.17, 15) is 4.79 Å². The average Bonchev–Trinajstić information content (AvgIpc) is 2.33. The molecule has 2 rings (SSSR count). The van der Waals surface area contributed by atoms with Gasteiger partial charge in [0.05, 0.1) is 0 Å². The predicted octanol–water partition coefficient (Wildman–Crippen LogP) is 2.26. The summed E-state index contributed by atoms with van der Waals surface area (Å²) in [4.78, 5) is 12.4. The Hall–Kier alpha value is -1.25. The van der Waals surface area contributed by atoms with Crippen molar-refractivity contribution in [1.82, 2.24) is 0 Å². The minimum absolute atomic E-state index is 0.179. The highest BCUT2D eigenvalue weighted by molar-refractivity contribution is 6.33. The van der Waals surface area contributed by atoms with Crippen LogP contribution in [0.15, 0.2) is 18.2 Å². The van der Waals surface area contributed by atoms with Crippen LogP contribution in [0.1, 0.15) is 38.7 Å². The summed E-state index contributed by atoms with van der Waals surface area (Å²) in [6, 6.07) is 6.12. The van der Waals surface area contributed by atoms with E-state index in [0.717, 1.165) is 18.0 Å². The molecule has 1 saturated carbocycles. The van der Waals surface area contributed by atoms with Gasteiger partial charge in [-0.3, -0.25) is 4.79 Å². The van der Waals surface area contributed by atoms with E-state index >= 15 is 0 Å². The van der Waals surface area contributed by atoms with Crippen LogP contribution in [0.2, 0.25) is 0 Å². The fourth-order valence-corrected chi connectivity index (χ4v) is 3.11. The highest BCUT2D eigenvalue weighted by Gasteiger charge is 2.30. The fourth-order valence-electron chi connectivity index (χ4n) is 3.11. The second-order valence-electron chi connectivity index (χ2n) is 6.29. The summed E-state index contributed by atoms with van der Waals surface area (Å²) >= 11 is 0. The molecule has 0 spiro atoms. The van der Waals surface area contributed by atoms with E-state index in [1.165, 1.54) is 23.9 Å². The molecular weight excluding hydrogens is 233 g/mol. The van der Waals surface area contributed by atoms with Gasteiger partial charge in [0, 0.05) is 11.6 Å². The van der Waals surface area contributed by atoms with Crippen LogP contribution >= 0.6 is 0 Å². The van der Waals surface area contributed by atoms with Crippen LogP contribution in [0, 0.1) is 24.7 Å². The van der Waals surface area contributed by atoms with Gasteiger partial charge in [-0.2, -0.15) is 0 Å². The summed E-state index contributed by atoms with van der Waals surface area (Å²) in [6.07, 6.45) is 3.37. The second kappa shape index (κ2) is 5.81. The number of aryl methyl sites for hydroxylation is 1. The minimum Gasteiger partial charge on any atom is -0.326 e. The number of anilines is 1. The molecule has 0 aliphatic heterocycles. The van der Waals surface area contributed by atoms with Gasteiger partial charge in [-0.1, -0.05) is 30.9 Å². The lowest BCUT2D eigenvalue weighted by Crippen LogP contribution is -2.32. The number of amides is 1. The topological polar surface area (TPSA) is 29.1 Å². The first kappa shape index (κ1) is 14.2. The molecule has 1 fully saturated rings. The van der Waals surface area contributed by atoms with E-state index in [1.807, 2.05) is 6.07 Å². The minimum atomic E-state index is 0.179. The molecule has 1 aromatic carbocycles. The van der Waals surface area contributed by atoms with Crippen molar-refractivity contribution in [2.45, 2.75) is 40.0 Å². The molecule has 3 heteroatoms. The molecule has 1 aromatic rings. The smallest absolute Gasteiger partial charge is 0.227 e. The van der Waals surface area contributed by atoms with Crippen LogP contribution in [-0.2, 0) is 4.79 Å². The third kappa shape index (κ3) is 3.40. The van der Waals surface area contributed by atoms with Gasteiger partial charge in [-0.25, -0.2) is 0 Å². The molecule has 19 heavy (non-hydrogen) atoms. The molecule has 1 amide bonds. The van der Waals surface area contributed by atoms with Crippen molar-refractivity contribution in [3.05, 3.63) is 23.8 Å². The molecule has 0 saturated heterocycles. The maximum absolute atomic E-state index is 12.4. The molecule has 0 radical (unpaired) electrons. The Bertz CT molecular complexity index is 472. The molecule has 3 unspecified atom stereocenters. The number of rotatable bonds is 2. The summed E-state index contributed by atoms with van der Waals surface area (Å²) in [6.45, 7) is 6.57. The lowest BCUT2D eigenvalue weighted by Gasteiger charge is -2.31. The summed E-state index contributed by atoms with van der Waals surface area (Å²) in [5.74, 6) is 1.64. The van der Waals surface area contributed by atoms with Crippen LogP contribution in [0.3, 0.4) is 0 Å². The number of carbonyl (C=O) groups is 1. The maximum Gasteiger partial charge on any atom is 0.227 e. The Labute approximate surface area is 117 Å². The highest BCUT2D eigenvalue weighted by Crippen LogP contribution is 2.34. The fraction of sp³-hybridized carbons (Fsp3) is 0.562. The standard InChI is InChI=1S/C16H24BNO/c1-10-4-6-14(11(2)8-10)16(19)18-13-5-7-15(17)12(3)9-13/h5,7,9-11,14H,4,6,8,17H2,1-3H3,(H,18,19). The van der Waals surface area contributed by atoms with Crippen molar-refractivity contribution in [3.63, 3.8) is 0 Å². The number of carbonyl (C=O) groups excluding carboxylic acids is 1. The first-order chi connectivity index (χ1) is 8.97. The zero-order chi connectivity index (χ0) is 14.0. The van der Waals surface area contributed by atoms with Crippen LogP contribution in [0.4, 0.5) is 5.69 Å². The monoisotopic (exact) mass is 257 g/mol. The molecule has 102 valence electrons. The summed E-state index contributed by atoms with van der Waals surface area (Å²) in [5, 5.41) is 3.09. The summed E-state index contributed by atoms with van der Waals surface area (Å²) in [5.41, 5.74) is 3.42. The molecule has 0 aromatic heterocycles. The average molecular weight is 257 g/mol. The van der Waals surface area contributed by atoms with Gasteiger partial charge in [0.1, 0.15) is 7.85 Å². The maximum atomic E-state index is 12.4. The van der Waals surface area contributed by atoms with Gasteiger partial charge >= 0.3 is 0 Å². The lowest BCUT2D eigenvalue weighted by molar-refractivity contribution is -0.122. The largest absolute Gasteiger partial charge is 0.326 e. The quantitative estimate of drug-likeness (QED) is 0.809. The molecule has 3 atom stereocenters. The van der Waals surface area contributed by atoms with Crippen LogP contribution in [0.25, 0.3) is 0 Å². The molecule has 0 heterocycles. The Morgan fingerprint density at radius 2 is 2.05 bits per heavy atom. The van der Waals surface area contributed by atoms with Crippen molar-refractivity contribution in [1.29, 1.82) is 0 Å². The highest BCUT2D eigenvalue weighted by atomic mass is 16.1. The van der Waals surface area contributed by atoms with Gasteiger partial charge in [0.25, 0.3) is 0 Å². The Kier molecular flexibility index (Phi) is 4.33. The molecule has 1 N–H and O–H groups in total. The lowest BCUT2D eigenvalue weighted by atomic mass is 9.75. The zero-order valence-corrected chi connectivity index (χ0v) is 12.5. The Morgan fingerprint density at radius 3 is 2.68 bits per heavy atom. The van der Waals surface area contributed by atoms with Crippen molar-refractivity contribution < 1.29 is 4.79 Å². The number of hydrogen-bond acceptors (Lipinski definition) is 1. The van der Waals surface area contributed by atoms with Crippen molar-refractivity contribution in [3.8, 4) is 0 Å². The Balaban J connectivity index is 2.02. The van der Waals surface area contributed by atoms with Gasteiger partial charge in [-0.05, 0) is 50.2 Å². The molecule has 0 bridgehead atoms. The molecular formula is C16H24BNO. The van der Waals surface area contributed by atoms with E-state index in [1.54, 1.807) is 0 Å². The van der Waals surface area contributed by atoms with Crippen molar-refractivity contribution in [2.24, 2.45) is 17.8 Å². The van der Waals surface area contributed by atoms with E-state index < -0.39 is 0 Å². The normalized spacial score (nSPS) is 27.0. The van der Waals surface area contributed by atoms with E-state index in [0.29, 0.717) is 5.92 Å². The van der Waals surface area contributed by atoms with Gasteiger partial charge in [0.2, 0.25) is 5.91 Å². The first-order valence-corrected chi connectivity index (χ1v) is 7.35. The molecule has 1 aliphatic rings. The van der Waals surface area contributed by atoms with Crippen molar-refractivity contribution >= 4 is 24.9 Å². The van der Waals surface area contributed by atoms with E-state index in [-0.39, 0.29) is 11.8 Å². The second-order valence-corrected chi connectivity index (χ2v) is 6.29. The summed E-state index contributed by atoms with van der Waals surface area (Å²) < 4.78 is 0. The third-order valence-electron chi connectivity index (χ3n) is 4.54. The number of nitrogens with one attached hydrogen (secondary N) is 1. The van der Waals surface area contributed by atoms with E-state index in [4.69, 9.17) is 0 Å². The van der Waals surface area contributed by atoms with Gasteiger partial charge < -0.3 is 5.32 Å². The van der Waals surface area contributed by atoms with E-state index in [2.05, 4.69) is 46.1 Å². The Morgan fingerprint density at radius 1 is 1.32 bits per heavy atom.